The first-order chi connectivity index (χ1) is 21.9. The number of benzene rings is 1. The summed E-state index contributed by atoms with van der Waals surface area (Å²) in [7, 11) is 2.12. The molecule has 0 bridgehead atoms. The fourth-order valence-corrected chi connectivity index (χ4v) is 7.49. The first-order valence-corrected chi connectivity index (χ1v) is 17.3. The summed E-state index contributed by atoms with van der Waals surface area (Å²) in [5.74, 6) is -0.767. The van der Waals surface area contributed by atoms with Crippen LogP contribution in [0.2, 0.25) is 0 Å². The van der Waals surface area contributed by atoms with Gasteiger partial charge in [0.15, 0.2) is 0 Å². The molecule has 3 heterocycles. The van der Waals surface area contributed by atoms with Crippen LogP contribution in [0.5, 0.6) is 0 Å². The Balaban J connectivity index is 1.31. The molecule has 1 aromatic carbocycles. The van der Waals surface area contributed by atoms with Crippen LogP contribution >= 0.6 is 0 Å². The van der Waals surface area contributed by atoms with Gasteiger partial charge in [-0.3, -0.25) is 19.3 Å². The fourth-order valence-electron chi connectivity index (χ4n) is 7.49. The van der Waals surface area contributed by atoms with E-state index in [1.165, 1.54) is 11.1 Å². The molecule has 3 fully saturated rings. The Morgan fingerprint density at radius 3 is 2.37 bits per heavy atom. The van der Waals surface area contributed by atoms with E-state index in [2.05, 4.69) is 44.9 Å². The minimum atomic E-state index is -0.896. The zero-order valence-electron chi connectivity index (χ0n) is 28.3. The van der Waals surface area contributed by atoms with E-state index in [9.17, 15) is 19.2 Å². The number of carbonyl (C=O) groups is 4. The lowest BCUT2D eigenvalue weighted by Crippen LogP contribution is -2.61. The number of nitrogens with one attached hydrogen (secondary N) is 3. The first kappa shape index (κ1) is 34.2. The van der Waals surface area contributed by atoms with Crippen LogP contribution in [0.3, 0.4) is 0 Å². The molecule has 11 nitrogen and oxygen atoms in total. The van der Waals surface area contributed by atoms with Gasteiger partial charge in [0.1, 0.15) is 18.1 Å². The Labute approximate surface area is 274 Å². The van der Waals surface area contributed by atoms with Crippen LogP contribution in [-0.4, -0.2) is 109 Å². The van der Waals surface area contributed by atoms with E-state index in [4.69, 9.17) is 4.74 Å². The second kappa shape index (κ2) is 14.7. The molecule has 3 aliphatic heterocycles. The van der Waals surface area contributed by atoms with Gasteiger partial charge in [0.2, 0.25) is 17.7 Å². The Morgan fingerprint density at radius 2 is 1.63 bits per heavy atom. The highest BCUT2D eigenvalue weighted by molar-refractivity contribution is 5.94. The van der Waals surface area contributed by atoms with Crippen LogP contribution in [0, 0.1) is 5.41 Å². The monoisotopic (exact) mass is 638 g/mol. The predicted molar refractivity (Wildman–Crippen MR) is 176 cm³/mol. The molecule has 0 radical (unpaired) electrons. The number of carbonyl (C=O) groups excluding carboxylic acids is 4. The molecule has 1 unspecified atom stereocenters. The van der Waals surface area contributed by atoms with Crippen LogP contribution in [-0.2, 0) is 25.5 Å². The van der Waals surface area contributed by atoms with E-state index in [-0.39, 0.29) is 42.0 Å². The summed E-state index contributed by atoms with van der Waals surface area (Å²) in [5.41, 5.74) is 2.23. The number of amides is 4. The highest BCUT2D eigenvalue weighted by Gasteiger charge is 2.46. The minimum Gasteiger partial charge on any atom is -0.449 e. The second-order valence-corrected chi connectivity index (χ2v) is 15.0. The van der Waals surface area contributed by atoms with E-state index in [1.807, 2.05) is 32.9 Å². The molecule has 1 aromatic rings. The normalized spacial score (nSPS) is 28.2. The first-order valence-electron chi connectivity index (χ1n) is 17.3. The van der Waals surface area contributed by atoms with Gasteiger partial charge < -0.3 is 30.5 Å². The van der Waals surface area contributed by atoms with E-state index < -0.39 is 30.1 Å². The number of piperazine rings is 1. The molecule has 5 rings (SSSR count). The van der Waals surface area contributed by atoms with Crippen molar-refractivity contribution in [3.63, 3.8) is 0 Å². The van der Waals surface area contributed by atoms with Gasteiger partial charge in [-0.05, 0) is 81.9 Å². The number of aryl methyl sites for hydroxylation is 1. The minimum absolute atomic E-state index is 0.0560. The summed E-state index contributed by atoms with van der Waals surface area (Å²) in [4.78, 5) is 60.7. The molecule has 3 N–H and O–H groups in total. The molecular formula is C35H54N6O5. The fraction of sp³-hybridized carbons (Fsp3) is 0.714. The van der Waals surface area contributed by atoms with Gasteiger partial charge in [0, 0.05) is 38.3 Å². The molecule has 254 valence electrons. The average Bonchev–Trinajstić information content (AvgIpc) is 3.44. The number of likely N-dealkylation sites (N-methyl/N-ethyl adjacent to an activating group) is 1. The van der Waals surface area contributed by atoms with E-state index in [0.29, 0.717) is 12.8 Å². The molecule has 0 aromatic heterocycles. The number of hydrogen-bond donors (Lipinski definition) is 3. The average molecular weight is 639 g/mol. The summed E-state index contributed by atoms with van der Waals surface area (Å²) in [6.07, 6.45) is 5.78. The Bertz CT molecular complexity index is 1260. The number of nitrogens with zero attached hydrogens (tertiary/aromatic N) is 3. The lowest BCUT2D eigenvalue weighted by atomic mass is 9.87. The van der Waals surface area contributed by atoms with Crippen molar-refractivity contribution < 1.29 is 23.9 Å². The van der Waals surface area contributed by atoms with Crippen molar-refractivity contribution in [2.45, 2.75) is 115 Å². The van der Waals surface area contributed by atoms with Crippen molar-refractivity contribution in [3.05, 3.63) is 35.4 Å². The van der Waals surface area contributed by atoms with E-state index >= 15 is 0 Å². The Hall–Kier alpha value is -3.18. The smallest absolute Gasteiger partial charge is 0.407 e. The van der Waals surface area contributed by atoms with Crippen molar-refractivity contribution in [3.8, 4) is 0 Å². The Morgan fingerprint density at radius 1 is 0.935 bits per heavy atom. The van der Waals surface area contributed by atoms with Gasteiger partial charge in [-0.2, -0.15) is 0 Å². The van der Waals surface area contributed by atoms with Crippen molar-refractivity contribution in [2.24, 2.45) is 5.41 Å². The molecule has 3 saturated heterocycles. The van der Waals surface area contributed by atoms with Crippen LogP contribution in [0.1, 0.15) is 89.8 Å². The zero-order valence-corrected chi connectivity index (χ0v) is 28.3. The molecule has 1 aliphatic carbocycles. The summed E-state index contributed by atoms with van der Waals surface area (Å²) in [5, 5.41) is 8.90. The number of hydrogen-bond acceptors (Lipinski definition) is 7. The third-order valence-electron chi connectivity index (χ3n) is 10.1. The van der Waals surface area contributed by atoms with Crippen molar-refractivity contribution in [2.75, 3.05) is 39.8 Å². The quantitative estimate of drug-likeness (QED) is 0.420. The standard InChI is InChI=1S/C35H54N6O5/c1-23(36-34(45)46-22-35(2,3)4)31(42)38-29-21-26(40-19-17-39(5)18-20-40)14-13-25-15-16-30(41(25)33(29)44)32(43)37-28-12-8-10-24-9-6-7-11-27(24)28/h6-7,9,11,23,25-26,28-30H,8,10,12-22H2,1-5H3,(H,36,45)(H,37,43)(H,38,42)/t23-,25-,26?,28+,29-,30-/m0/s1. The summed E-state index contributed by atoms with van der Waals surface area (Å²) in [6, 6.07) is 6.01. The number of fused-ring (bicyclic) bond motifs is 2. The molecule has 0 saturated carbocycles. The van der Waals surface area contributed by atoms with Crippen LogP contribution in [0.25, 0.3) is 0 Å². The number of ether oxygens (including phenoxy) is 1. The predicted octanol–water partition coefficient (Wildman–Crippen LogP) is 2.99. The van der Waals surface area contributed by atoms with Crippen LogP contribution in [0.15, 0.2) is 24.3 Å². The van der Waals surface area contributed by atoms with Crippen molar-refractivity contribution in [1.29, 1.82) is 0 Å². The maximum atomic E-state index is 14.5. The molecule has 6 atom stereocenters. The van der Waals surface area contributed by atoms with E-state index in [1.54, 1.807) is 11.8 Å². The summed E-state index contributed by atoms with van der Waals surface area (Å²) < 4.78 is 5.30. The maximum absolute atomic E-state index is 14.5. The summed E-state index contributed by atoms with van der Waals surface area (Å²) in [6.45, 7) is 11.4. The molecule has 4 amide bonds. The van der Waals surface area contributed by atoms with Gasteiger partial charge >= 0.3 is 6.09 Å². The SMILES string of the molecule is C[C@H](NC(=O)OCC(C)(C)C)C(=O)N[C@H]1CC(N2CCN(C)CC2)CC[C@H]2CC[C@@H](C(=O)N[C@@H]3CCCc4ccccc43)N2C1=O. The van der Waals surface area contributed by atoms with Crippen LogP contribution in [0.4, 0.5) is 4.79 Å². The number of alkyl carbamates (subject to hydrolysis) is 1. The van der Waals surface area contributed by atoms with Gasteiger partial charge in [0.05, 0.1) is 12.6 Å². The lowest BCUT2D eigenvalue weighted by Gasteiger charge is -2.43. The lowest BCUT2D eigenvalue weighted by molar-refractivity contribution is -0.145. The van der Waals surface area contributed by atoms with Gasteiger partial charge in [0.25, 0.3) is 0 Å². The van der Waals surface area contributed by atoms with Crippen LogP contribution < -0.4 is 16.0 Å². The third kappa shape index (κ3) is 8.39. The van der Waals surface area contributed by atoms with E-state index in [0.717, 1.165) is 64.7 Å². The molecular weight excluding hydrogens is 584 g/mol. The Kier molecular flexibility index (Phi) is 10.9. The highest BCUT2D eigenvalue weighted by atomic mass is 16.5. The third-order valence-corrected chi connectivity index (χ3v) is 10.1. The topological polar surface area (TPSA) is 123 Å². The van der Waals surface area contributed by atoms with Gasteiger partial charge in [-0.1, -0.05) is 45.0 Å². The van der Waals surface area contributed by atoms with Gasteiger partial charge in [-0.15, -0.1) is 0 Å². The maximum Gasteiger partial charge on any atom is 0.407 e. The number of rotatable bonds is 7. The van der Waals surface area contributed by atoms with Gasteiger partial charge in [-0.25, -0.2) is 4.79 Å². The molecule has 46 heavy (non-hydrogen) atoms. The second-order valence-electron chi connectivity index (χ2n) is 15.0. The largest absolute Gasteiger partial charge is 0.449 e. The molecule has 4 aliphatic rings. The molecule has 0 spiro atoms. The van der Waals surface area contributed by atoms with Crippen molar-refractivity contribution >= 4 is 23.8 Å². The highest BCUT2D eigenvalue weighted by Crippen LogP contribution is 2.35. The zero-order chi connectivity index (χ0) is 33.0. The molecule has 11 heteroatoms. The summed E-state index contributed by atoms with van der Waals surface area (Å²) >= 11 is 0. The van der Waals surface area contributed by atoms with Crippen molar-refractivity contribution in [1.82, 2.24) is 30.7 Å².